The molecule has 5 rings (SSSR count). The minimum Gasteiger partial charge on any atom is -0.454 e. The Morgan fingerprint density at radius 3 is 3.08 bits per heavy atom. The number of rotatable bonds is 2. The lowest BCUT2D eigenvalue weighted by Gasteiger charge is -2.22. The van der Waals surface area contributed by atoms with E-state index in [1.54, 1.807) is 41.3 Å². The molecule has 0 radical (unpaired) electrons. The average molecular weight is 371 g/mol. The Kier molecular flexibility index (Phi) is 3.29. The molecule has 0 spiro atoms. The van der Waals surface area contributed by atoms with Gasteiger partial charge in [-0.2, -0.15) is 0 Å². The maximum Gasteiger partial charge on any atom is 0.253 e. The number of ether oxygens (including phenoxy) is 2. The molecule has 2 aliphatic heterocycles. The molecule has 0 fully saturated rings. The minimum absolute atomic E-state index is 0.148. The quantitative estimate of drug-likeness (QED) is 0.746. The highest BCUT2D eigenvalue weighted by Gasteiger charge is 2.31. The van der Waals surface area contributed by atoms with Crippen molar-refractivity contribution in [1.82, 2.24) is 10.3 Å². The number of amides is 1. The largest absolute Gasteiger partial charge is 0.454 e. The van der Waals surface area contributed by atoms with E-state index in [0.717, 1.165) is 20.8 Å². The smallest absolute Gasteiger partial charge is 0.253 e. The van der Waals surface area contributed by atoms with Crippen LogP contribution in [0.2, 0.25) is 0 Å². The number of nitrogens with zero attached hydrogens (tertiary/aromatic N) is 2. The summed E-state index contributed by atoms with van der Waals surface area (Å²) in [5.41, 5.74) is 4.30. The van der Waals surface area contributed by atoms with Crippen molar-refractivity contribution in [1.29, 1.82) is 0 Å². The lowest BCUT2D eigenvalue weighted by Crippen LogP contribution is -2.41. The normalized spacial score (nSPS) is 17.8. The van der Waals surface area contributed by atoms with E-state index in [1.165, 1.54) is 0 Å². The summed E-state index contributed by atoms with van der Waals surface area (Å²) in [6.07, 6.45) is 0. The van der Waals surface area contributed by atoms with Gasteiger partial charge in [-0.1, -0.05) is 11.8 Å². The summed E-state index contributed by atoms with van der Waals surface area (Å²) in [5, 5.41) is 3.07. The summed E-state index contributed by atoms with van der Waals surface area (Å²) >= 11 is 3.23. The van der Waals surface area contributed by atoms with Crippen LogP contribution in [0.1, 0.15) is 10.4 Å². The highest BCUT2D eigenvalue weighted by Crippen LogP contribution is 2.45. The molecule has 25 heavy (non-hydrogen) atoms. The number of fused-ring (bicyclic) bond motifs is 4. The van der Waals surface area contributed by atoms with Crippen molar-refractivity contribution >= 4 is 44.9 Å². The second kappa shape index (κ2) is 5.53. The summed E-state index contributed by atoms with van der Waals surface area (Å²) in [5.74, 6) is 1.12. The van der Waals surface area contributed by atoms with Crippen molar-refractivity contribution in [3.05, 3.63) is 41.4 Å². The van der Waals surface area contributed by atoms with Crippen molar-refractivity contribution in [3.8, 4) is 11.5 Å². The monoisotopic (exact) mass is 371 g/mol. The van der Waals surface area contributed by atoms with Gasteiger partial charge >= 0.3 is 0 Å². The number of thiazole rings is 1. The number of hydrogen-bond donors (Lipinski definition) is 1. The summed E-state index contributed by atoms with van der Waals surface area (Å²) in [6, 6.07) is 9.37. The topological polar surface area (TPSA) is 63.7 Å². The second-order valence-electron chi connectivity index (χ2n) is 5.74. The zero-order valence-corrected chi connectivity index (χ0v) is 14.8. The first kappa shape index (κ1) is 14.9. The predicted molar refractivity (Wildman–Crippen MR) is 97.7 cm³/mol. The molecule has 1 N–H and O–H groups in total. The Morgan fingerprint density at radius 1 is 1.28 bits per heavy atom. The molecule has 2 aliphatic rings. The molecule has 0 bridgehead atoms. The van der Waals surface area contributed by atoms with Gasteiger partial charge < -0.3 is 19.7 Å². The van der Waals surface area contributed by atoms with E-state index in [1.807, 2.05) is 12.6 Å². The van der Waals surface area contributed by atoms with Crippen LogP contribution in [0, 0.1) is 0 Å². The number of benzene rings is 2. The van der Waals surface area contributed by atoms with E-state index in [-0.39, 0.29) is 18.2 Å². The van der Waals surface area contributed by atoms with Gasteiger partial charge in [0.2, 0.25) is 6.79 Å². The second-order valence-corrected chi connectivity index (χ2v) is 7.71. The Bertz CT molecular complexity index is 1000. The third-order valence-electron chi connectivity index (χ3n) is 4.29. The van der Waals surface area contributed by atoms with Gasteiger partial charge in [-0.15, -0.1) is 11.3 Å². The number of nitrogens with one attached hydrogen (secondary N) is 1. The number of carbonyl (C=O) groups is 1. The number of aromatic nitrogens is 1. The molecule has 3 aromatic rings. The first-order valence-corrected chi connectivity index (χ1v) is 9.43. The third-order valence-corrected chi connectivity index (χ3v) is 6.38. The SMILES string of the molecule is CN1c2ccc3scnc3c2SC1NC(=O)c1ccc2c(c1)OCO2. The summed E-state index contributed by atoms with van der Waals surface area (Å²) in [4.78, 5) is 20.3. The van der Waals surface area contributed by atoms with Crippen LogP contribution in [-0.4, -0.2) is 30.2 Å². The number of thioether (sulfide) groups is 1. The maximum atomic E-state index is 12.6. The number of hydrogen-bond acceptors (Lipinski definition) is 7. The highest BCUT2D eigenvalue weighted by atomic mass is 32.2. The van der Waals surface area contributed by atoms with E-state index in [0.29, 0.717) is 17.1 Å². The van der Waals surface area contributed by atoms with Crippen molar-refractivity contribution in [2.75, 3.05) is 18.7 Å². The highest BCUT2D eigenvalue weighted by molar-refractivity contribution is 8.00. The molecule has 0 aliphatic carbocycles. The minimum atomic E-state index is -0.180. The van der Waals surface area contributed by atoms with Gasteiger partial charge in [-0.05, 0) is 30.3 Å². The van der Waals surface area contributed by atoms with Crippen LogP contribution in [0.25, 0.3) is 10.2 Å². The third kappa shape index (κ3) is 2.32. The van der Waals surface area contributed by atoms with Gasteiger partial charge in [-0.3, -0.25) is 4.79 Å². The number of carbonyl (C=O) groups excluding carboxylic acids is 1. The molecule has 1 unspecified atom stereocenters. The van der Waals surface area contributed by atoms with Crippen LogP contribution < -0.4 is 19.7 Å². The van der Waals surface area contributed by atoms with E-state index >= 15 is 0 Å². The fourth-order valence-electron chi connectivity index (χ4n) is 2.97. The average Bonchev–Trinajstić information content (AvgIpc) is 3.33. The molecule has 0 saturated heterocycles. The molecule has 8 heteroatoms. The summed E-state index contributed by atoms with van der Waals surface area (Å²) in [6.45, 7) is 0.195. The van der Waals surface area contributed by atoms with E-state index in [4.69, 9.17) is 9.47 Å². The van der Waals surface area contributed by atoms with Gasteiger partial charge in [0.15, 0.2) is 17.0 Å². The number of anilines is 1. The van der Waals surface area contributed by atoms with Crippen LogP contribution in [0.3, 0.4) is 0 Å². The fraction of sp³-hybridized carbons (Fsp3) is 0.176. The first-order valence-electron chi connectivity index (χ1n) is 7.67. The molecule has 126 valence electrons. The van der Waals surface area contributed by atoms with Gasteiger partial charge in [0.1, 0.15) is 0 Å². The van der Waals surface area contributed by atoms with Crippen LogP contribution in [-0.2, 0) is 0 Å². The first-order chi connectivity index (χ1) is 12.2. The van der Waals surface area contributed by atoms with Gasteiger partial charge in [0.05, 0.1) is 26.3 Å². The summed E-state index contributed by atoms with van der Waals surface area (Å²) < 4.78 is 11.8. The Morgan fingerprint density at radius 2 is 2.16 bits per heavy atom. The fourth-order valence-corrected chi connectivity index (χ4v) is 4.98. The van der Waals surface area contributed by atoms with E-state index in [9.17, 15) is 4.79 Å². The summed E-state index contributed by atoms with van der Waals surface area (Å²) in [7, 11) is 1.97. The van der Waals surface area contributed by atoms with Crippen LogP contribution in [0.4, 0.5) is 5.69 Å². The Labute approximate surface area is 151 Å². The molecule has 1 aromatic heterocycles. The molecule has 1 atom stereocenters. The van der Waals surface area contributed by atoms with E-state index in [2.05, 4.69) is 27.3 Å². The van der Waals surface area contributed by atoms with Crippen LogP contribution >= 0.6 is 23.1 Å². The molecular weight excluding hydrogens is 358 g/mol. The molecule has 2 aromatic carbocycles. The van der Waals surface area contributed by atoms with Gasteiger partial charge in [-0.25, -0.2) is 4.98 Å². The zero-order chi connectivity index (χ0) is 17.0. The molecule has 3 heterocycles. The standard InChI is InChI=1S/C17H13N3O3S2/c1-20-10-3-5-13-14(18-7-24-13)15(10)25-17(20)19-16(21)9-2-4-11-12(6-9)23-8-22-11/h2-7,17H,8H2,1H3,(H,19,21). The molecule has 6 nitrogen and oxygen atoms in total. The van der Waals surface area contributed by atoms with Crippen molar-refractivity contribution < 1.29 is 14.3 Å². The van der Waals surface area contributed by atoms with Gasteiger partial charge in [0.25, 0.3) is 5.91 Å². The molecule has 1 amide bonds. The Balaban J connectivity index is 1.40. The zero-order valence-electron chi connectivity index (χ0n) is 13.2. The van der Waals surface area contributed by atoms with Crippen LogP contribution in [0.15, 0.2) is 40.7 Å². The van der Waals surface area contributed by atoms with Crippen LogP contribution in [0.5, 0.6) is 11.5 Å². The predicted octanol–water partition coefficient (Wildman–Crippen LogP) is 3.28. The Hall–Kier alpha value is -2.45. The maximum absolute atomic E-state index is 12.6. The lowest BCUT2D eigenvalue weighted by molar-refractivity contribution is 0.0949. The molecule has 0 saturated carbocycles. The van der Waals surface area contributed by atoms with Crippen molar-refractivity contribution in [2.24, 2.45) is 0 Å². The van der Waals surface area contributed by atoms with Crippen molar-refractivity contribution in [2.45, 2.75) is 10.4 Å². The van der Waals surface area contributed by atoms with Gasteiger partial charge in [0, 0.05) is 12.6 Å². The molecular formula is C17H13N3O3S2. The van der Waals surface area contributed by atoms with E-state index < -0.39 is 0 Å². The lowest BCUT2D eigenvalue weighted by atomic mass is 10.2. The van der Waals surface area contributed by atoms with Crippen molar-refractivity contribution in [3.63, 3.8) is 0 Å².